The van der Waals surface area contributed by atoms with E-state index in [1.165, 1.54) is 11.8 Å². The van der Waals surface area contributed by atoms with Crippen LogP contribution < -0.4 is 14.8 Å². The van der Waals surface area contributed by atoms with Gasteiger partial charge in [0.1, 0.15) is 17.3 Å². The summed E-state index contributed by atoms with van der Waals surface area (Å²) >= 11 is 1.37. The fourth-order valence-corrected chi connectivity index (χ4v) is 3.86. The molecule has 30 heavy (non-hydrogen) atoms. The predicted octanol–water partition coefficient (Wildman–Crippen LogP) is 3.95. The van der Waals surface area contributed by atoms with E-state index in [2.05, 4.69) is 15.5 Å². The number of nitrogens with one attached hydrogen (secondary N) is 1. The van der Waals surface area contributed by atoms with Crippen LogP contribution in [0.5, 0.6) is 11.5 Å². The van der Waals surface area contributed by atoms with E-state index < -0.39 is 0 Å². The first-order chi connectivity index (χ1) is 14.5. The maximum absolute atomic E-state index is 12.5. The van der Waals surface area contributed by atoms with Crippen LogP contribution in [0.3, 0.4) is 0 Å². The molecule has 3 aromatic rings. The van der Waals surface area contributed by atoms with Crippen molar-refractivity contribution in [3.05, 3.63) is 59.4 Å². The number of nitrogens with zero attached hydrogens (tertiary/aromatic N) is 3. The van der Waals surface area contributed by atoms with Crippen molar-refractivity contribution in [2.24, 2.45) is 0 Å². The molecule has 0 bridgehead atoms. The normalized spacial score (nSPS) is 10.7. The van der Waals surface area contributed by atoms with Crippen molar-refractivity contribution in [1.82, 2.24) is 14.8 Å². The van der Waals surface area contributed by atoms with Crippen molar-refractivity contribution in [3.8, 4) is 11.5 Å². The van der Waals surface area contributed by atoms with Crippen LogP contribution in [-0.4, -0.2) is 40.6 Å². The summed E-state index contributed by atoms with van der Waals surface area (Å²) < 4.78 is 12.6. The highest BCUT2D eigenvalue weighted by atomic mass is 32.2. The van der Waals surface area contributed by atoms with E-state index in [-0.39, 0.29) is 11.7 Å². The molecule has 0 atom stereocenters. The third kappa shape index (κ3) is 5.33. The van der Waals surface area contributed by atoms with E-state index >= 15 is 0 Å². The van der Waals surface area contributed by atoms with Crippen molar-refractivity contribution in [2.75, 3.05) is 25.3 Å². The third-order valence-corrected chi connectivity index (χ3v) is 5.56. The van der Waals surface area contributed by atoms with Crippen molar-refractivity contribution >= 4 is 23.4 Å². The van der Waals surface area contributed by atoms with Crippen molar-refractivity contribution in [1.29, 1.82) is 0 Å². The number of amides is 1. The van der Waals surface area contributed by atoms with Gasteiger partial charge in [-0.2, -0.15) is 0 Å². The number of hydrogen-bond donors (Lipinski definition) is 1. The number of hydrogen-bond acceptors (Lipinski definition) is 6. The Morgan fingerprint density at radius 3 is 2.53 bits per heavy atom. The molecule has 1 amide bonds. The Bertz CT molecular complexity index is 1000. The van der Waals surface area contributed by atoms with Crippen LogP contribution in [0.15, 0.2) is 47.6 Å². The Balaban J connectivity index is 1.64. The molecule has 0 aliphatic carbocycles. The molecule has 0 radical (unpaired) electrons. The van der Waals surface area contributed by atoms with Crippen LogP contribution in [0.2, 0.25) is 0 Å². The Morgan fingerprint density at radius 2 is 1.87 bits per heavy atom. The molecule has 8 heteroatoms. The van der Waals surface area contributed by atoms with Gasteiger partial charge in [0.25, 0.3) is 0 Å². The molecule has 3 rings (SSSR count). The monoisotopic (exact) mass is 426 g/mol. The SMILES string of the molecule is CCn1c(Cc2ccc(OC)cc2)nnc1SCC(=O)Nc1cc(C)ccc1OC. The van der Waals surface area contributed by atoms with Gasteiger partial charge < -0.3 is 19.4 Å². The summed E-state index contributed by atoms with van der Waals surface area (Å²) in [5.74, 6) is 2.44. The molecular formula is C22H26N4O3S. The molecule has 1 N–H and O–H groups in total. The van der Waals surface area contributed by atoms with Gasteiger partial charge in [0.2, 0.25) is 5.91 Å². The highest BCUT2D eigenvalue weighted by Gasteiger charge is 2.15. The van der Waals surface area contributed by atoms with Gasteiger partial charge in [-0.25, -0.2) is 0 Å². The van der Waals surface area contributed by atoms with Gasteiger partial charge in [-0.15, -0.1) is 10.2 Å². The summed E-state index contributed by atoms with van der Waals surface area (Å²) in [5, 5.41) is 12.3. The molecule has 0 saturated carbocycles. The molecule has 2 aromatic carbocycles. The number of carbonyl (C=O) groups is 1. The van der Waals surface area contributed by atoms with Crippen LogP contribution in [0, 0.1) is 6.92 Å². The molecule has 0 saturated heterocycles. The van der Waals surface area contributed by atoms with Gasteiger partial charge in [-0.3, -0.25) is 4.79 Å². The lowest BCUT2D eigenvalue weighted by atomic mass is 10.1. The number of benzene rings is 2. The number of ether oxygens (including phenoxy) is 2. The number of thioether (sulfide) groups is 1. The lowest BCUT2D eigenvalue weighted by Gasteiger charge is -2.11. The molecule has 7 nitrogen and oxygen atoms in total. The fraction of sp³-hybridized carbons (Fsp3) is 0.318. The maximum Gasteiger partial charge on any atom is 0.234 e. The minimum Gasteiger partial charge on any atom is -0.497 e. The van der Waals surface area contributed by atoms with Crippen LogP contribution in [0.25, 0.3) is 0 Å². The highest BCUT2D eigenvalue weighted by Crippen LogP contribution is 2.26. The van der Waals surface area contributed by atoms with Gasteiger partial charge in [0, 0.05) is 13.0 Å². The number of aromatic nitrogens is 3. The predicted molar refractivity (Wildman–Crippen MR) is 119 cm³/mol. The fourth-order valence-electron chi connectivity index (χ4n) is 3.04. The van der Waals surface area contributed by atoms with Gasteiger partial charge in [0.15, 0.2) is 5.16 Å². The first-order valence-electron chi connectivity index (χ1n) is 9.66. The molecular weight excluding hydrogens is 400 g/mol. The second-order valence-electron chi connectivity index (χ2n) is 6.71. The lowest BCUT2D eigenvalue weighted by Crippen LogP contribution is -2.15. The van der Waals surface area contributed by atoms with Gasteiger partial charge in [-0.1, -0.05) is 30.0 Å². The third-order valence-electron chi connectivity index (χ3n) is 4.59. The van der Waals surface area contributed by atoms with E-state index in [1.807, 2.05) is 60.9 Å². The van der Waals surface area contributed by atoms with Crippen molar-refractivity contribution in [3.63, 3.8) is 0 Å². The van der Waals surface area contributed by atoms with Crippen LogP contribution >= 0.6 is 11.8 Å². The summed E-state index contributed by atoms with van der Waals surface area (Å²) in [4.78, 5) is 12.5. The zero-order valence-corrected chi connectivity index (χ0v) is 18.5. The van der Waals surface area contributed by atoms with Gasteiger partial charge >= 0.3 is 0 Å². The quantitative estimate of drug-likeness (QED) is 0.522. The molecule has 0 aliphatic rings. The van der Waals surface area contributed by atoms with Crippen molar-refractivity contribution in [2.45, 2.75) is 32.0 Å². The Hall–Kier alpha value is -3.00. The summed E-state index contributed by atoms with van der Waals surface area (Å²) in [6.45, 7) is 4.74. The van der Waals surface area contributed by atoms with E-state index in [1.54, 1.807) is 14.2 Å². The Labute approximate surface area is 180 Å². The van der Waals surface area contributed by atoms with E-state index in [4.69, 9.17) is 9.47 Å². The molecule has 0 aliphatic heterocycles. The maximum atomic E-state index is 12.5. The van der Waals surface area contributed by atoms with Crippen LogP contribution in [-0.2, 0) is 17.8 Å². The van der Waals surface area contributed by atoms with Crippen LogP contribution in [0.1, 0.15) is 23.9 Å². The molecule has 158 valence electrons. The standard InChI is InChI=1S/C22H26N4O3S/c1-5-26-20(13-16-7-9-17(28-3)10-8-16)24-25-22(26)30-14-21(27)23-18-12-15(2)6-11-19(18)29-4/h6-12H,5,13-14H2,1-4H3,(H,23,27). The second-order valence-corrected chi connectivity index (χ2v) is 7.65. The largest absolute Gasteiger partial charge is 0.497 e. The number of rotatable bonds is 9. The minimum absolute atomic E-state index is 0.119. The Kier molecular flexibility index (Phi) is 7.35. The molecule has 0 unspecified atom stereocenters. The Morgan fingerprint density at radius 1 is 1.10 bits per heavy atom. The zero-order chi connectivity index (χ0) is 21.5. The second kappa shape index (κ2) is 10.2. The summed E-state index contributed by atoms with van der Waals surface area (Å²) in [5.41, 5.74) is 2.84. The number of methoxy groups -OCH3 is 2. The van der Waals surface area contributed by atoms with E-state index in [0.29, 0.717) is 17.9 Å². The molecule has 0 fully saturated rings. The first-order valence-corrected chi connectivity index (χ1v) is 10.6. The smallest absolute Gasteiger partial charge is 0.234 e. The molecule has 0 spiro atoms. The number of aryl methyl sites for hydroxylation is 1. The summed E-state index contributed by atoms with van der Waals surface area (Å²) in [6, 6.07) is 13.6. The molecule has 1 heterocycles. The highest BCUT2D eigenvalue weighted by molar-refractivity contribution is 7.99. The topological polar surface area (TPSA) is 78.3 Å². The minimum atomic E-state index is -0.119. The zero-order valence-electron chi connectivity index (χ0n) is 17.6. The summed E-state index contributed by atoms with van der Waals surface area (Å²) in [7, 11) is 3.24. The summed E-state index contributed by atoms with van der Waals surface area (Å²) in [6.07, 6.45) is 0.665. The van der Waals surface area contributed by atoms with Gasteiger partial charge in [0.05, 0.1) is 25.7 Å². The average Bonchev–Trinajstić information content (AvgIpc) is 3.14. The number of carbonyl (C=O) groups excluding carboxylic acids is 1. The first kappa shape index (κ1) is 21.7. The van der Waals surface area contributed by atoms with E-state index in [9.17, 15) is 4.79 Å². The lowest BCUT2D eigenvalue weighted by molar-refractivity contribution is -0.113. The van der Waals surface area contributed by atoms with Crippen molar-refractivity contribution < 1.29 is 14.3 Å². The molecule has 1 aromatic heterocycles. The number of anilines is 1. The van der Waals surface area contributed by atoms with E-state index in [0.717, 1.165) is 34.4 Å². The van der Waals surface area contributed by atoms with Gasteiger partial charge in [-0.05, 0) is 49.2 Å². The van der Waals surface area contributed by atoms with Crippen LogP contribution in [0.4, 0.5) is 5.69 Å². The average molecular weight is 427 g/mol.